The molecule has 1 fully saturated rings. The summed E-state index contributed by atoms with van der Waals surface area (Å²) in [7, 11) is 3.09. The van der Waals surface area contributed by atoms with Crippen molar-refractivity contribution in [3.8, 4) is 11.5 Å². The van der Waals surface area contributed by atoms with E-state index >= 15 is 0 Å². The monoisotopic (exact) mass is 630 g/mol. The number of hydrogen-bond acceptors (Lipinski definition) is 6. The highest BCUT2D eigenvalue weighted by molar-refractivity contribution is 6.07. The Morgan fingerprint density at radius 1 is 0.830 bits per heavy atom. The Kier molecular flexibility index (Phi) is 8.28. The molecule has 2 bridgehead atoms. The van der Waals surface area contributed by atoms with Gasteiger partial charge >= 0.3 is 0 Å². The van der Waals surface area contributed by atoms with E-state index in [1.165, 1.54) is 11.1 Å². The second-order valence-corrected chi connectivity index (χ2v) is 12.5. The number of fused-ring (bicyclic) bond motifs is 4. The lowest BCUT2D eigenvalue weighted by Crippen LogP contribution is -2.47. The highest BCUT2D eigenvalue weighted by Crippen LogP contribution is 2.40. The minimum atomic E-state index is -0.337. The second-order valence-electron chi connectivity index (χ2n) is 12.5. The predicted molar refractivity (Wildman–Crippen MR) is 183 cm³/mol. The number of ether oxygens (including phenoxy) is 2. The Bertz CT molecular complexity index is 1890. The average Bonchev–Trinajstić information content (AvgIpc) is 3.12. The largest absolute Gasteiger partial charge is 0.497 e. The summed E-state index contributed by atoms with van der Waals surface area (Å²) in [5.41, 5.74) is 5.81. The average molecular weight is 631 g/mol. The lowest BCUT2D eigenvalue weighted by Gasteiger charge is -2.44. The summed E-state index contributed by atoms with van der Waals surface area (Å²) in [5, 5.41) is 3.12. The van der Waals surface area contributed by atoms with Crippen LogP contribution in [0.25, 0.3) is 5.57 Å². The summed E-state index contributed by atoms with van der Waals surface area (Å²) in [4.78, 5) is 44.3. The topological polar surface area (TPSA) is 93.1 Å². The van der Waals surface area contributed by atoms with E-state index in [-0.39, 0.29) is 29.2 Å². The number of methoxy groups -OCH3 is 2. The van der Waals surface area contributed by atoms with Gasteiger partial charge in [-0.3, -0.25) is 14.4 Å². The Labute approximate surface area is 274 Å². The number of nitrogens with zero attached hydrogens (tertiary/aromatic N) is 3. The zero-order chi connectivity index (χ0) is 32.5. The maximum Gasteiger partial charge on any atom is 0.255 e. The van der Waals surface area contributed by atoms with Crippen molar-refractivity contribution in [2.45, 2.75) is 25.3 Å². The molecule has 240 valence electrons. The van der Waals surface area contributed by atoms with Crippen molar-refractivity contribution < 1.29 is 19.1 Å². The number of rotatable bonds is 7. The first kappa shape index (κ1) is 30.3. The molecule has 0 unspecified atom stereocenters. The lowest BCUT2D eigenvalue weighted by atomic mass is 9.83. The van der Waals surface area contributed by atoms with Crippen LogP contribution in [-0.2, 0) is 6.54 Å². The molecule has 9 heteroatoms. The minimum absolute atomic E-state index is 0.0404. The molecule has 0 aliphatic carbocycles. The van der Waals surface area contributed by atoms with Gasteiger partial charge in [0.25, 0.3) is 17.4 Å². The molecule has 47 heavy (non-hydrogen) atoms. The summed E-state index contributed by atoms with van der Waals surface area (Å²) in [6, 6.07) is 26.4. The number of piperidine rings is 1. The van der Waals surface area contributed by atoms with E-state index in [9.17, 15) is 14.4 Å². The van der Waals surface area contributed by atoms with Crippen molar-refractivity contribution in [3.05, 3.63) is 124 Å². The first-order valence-corrected chi connectivity index (χ1v) is 16.1. The Hall–Kier alpha value is -5.31. The van der Waals surface area contributed by atoms with Gasteiger partial charge in [0.1, 0.15) is 11.5 Å². The van der Waals surface area contributed by atoms with Gasteiger partial charge in [-0.1, -0.05) is 42.5 Å². The summed E-state index contributed by atoms with van der Waals surface area (Å²) in [6.07, 6.45) is 3.91. The molecule has 0 saturated carbocycles. The van der Waals surface area contributed by atoms with Gasteiger partial charge in [0.05, 0.1) is 25.6 Å². The van der Waals surface area contributed by atoms with Crippen LogP contribution in [0.4, 0.5) is 11.4 Å². The van der Waals surface area contributed by atoms with E-state index in [0.29, 0.717) is 54.5 Å². The molecule has 2 amide bonds. The molecule has 4 aromatic rings. The van der Waals surface area contributed by atoms with Crippen LogP contribution in [0.15, 0.2) is 95.8 Å². The van der Waals surface area contributed by atoms with Crippen molar-refractivity contribution in [2.24, 2.45) is 5.92 Å². The van der Waals surface area contributed by atoms with Crippen LogP contribution in [0.3, 0.4) is 0 Å². The van der Waals surface area contributed by atoms with E-state index in [1.807, 2.05) is 51.9 Å². The van der Waals surface area contributed by atoms with Gasteiger partial charge in [0.2, 0.25) is 0 Å². The Balaban J connectivity index is 1.20. The summed E-state index contributed by atoms with van der Waals surface area (Å²) < 4.78 is 12.7. The number of aromatic nitrogens is 1. The first-order chi connectivity index (χ1) is 22.9. The number of hydrogen-bond donors (Lipinski definition) is 1. The summed E-state index contributed by atoms with van der Waals surface area (Å²) >= 11 is 0. The van der Waals surface area contributed by atoms with Crippen LogP contribution in [0.1, 0.15) is 50.7 Å². The third-order valence-corrected chi connectivity index (χ3v) is 9.57. The first-order valence-electron chi connectivity index (χ1n) is 16.1. The highest BCUT2D eigenvalue weighted by Gasteiger charge is 2.35. The number of nitrogens with one attached hydrogen (secondary N) is 1. The fraction of sp³-hybridized carbons (Fsp3) is 0.289. The molecular weight excluding hydrogens is 592 g/mol. The van der Waals surface area contributed by atoms with Crippen LogP contribution in [0.5, 0.6) is 11.5 Å². The fourth-order valence-electron chi connectivity index (χ4n) is 7.22. The molecule has 3 aliphatic rings. The van der Waals surface area contributed by atoms with Gasteiger partial charge < -0.3 is 29.2 Å². The standard InChI is InChI=1S/C38H38N4O5/c1-46-31-18-29(19-32(21-31)47-2)37(44)39-33-20-28(38(45)40-15-13-27(14-16-40)26-7-4-3-5-8-26)11-12-35(33)41-22-25-17-30(24-41)34-9-6-10-36(43)42(34)23-25/h3-13,18-21,25,30H,14-17,22-24H2,1-2H3,(H,39,44)/t25-,30+/m1/s1. The van der Waals surface area contributed by atoms with E-state index in [2.05, 4.69) is 28.4 Å². The summed E-state index contributed by atoms with van der Waals surface area (Å²) in [6.45, 7) is 3.23. The third-order valence-electron chi connectivity index (χ3n) is 9.57. The fourth-order valence-corrected chi connectivity index (χ4v) is 7.22. The molecule has 0 spiro atoms. The highest BCUT2D eigenvalue weighted by atomic mass is 16.5. The van der Waals surface area contributed by atoms with Crippen LogP contribution in [0, 0.1) is 5.92 Å². The molecule has 2 atom stereocenters. The number of anilines is 2. The molecule has 7 rings (SSSR count). The second kappa shape index (κ2) is 12.8. The Morgan fingerprint density at radius 3 is 2.34 bits per heavy atom. The summed E-state index contributed by atoms with van der Waals surface area (Å²) in [5.74, 6) is 1.06. The van der Waals surface area contributed by atoms with Crippen LogP contribution in [-0.4, -0.2) is 61.7 Å². The van der Waals surface area contributed by atoms with Gasteiger partial charge in [-0.25, -0.2) is 0 Å². The zero-order valence-corrected chi connectivity index (χ0v) is 26.6. The van der Waals surface area contributed by atoms with Crippen molar-refractivity contribution in [3.63, 3.8) is 0 Å². The maximum atomic E-state index is 13.8. The number of carbonyl (C=O) groups excluding carboxylic acids is 2. The zero-order valence-electron chi connectivity index (χ0n) is 26.6. The molecule has 3 aromatic carbocycles. The van der Waals surface area contributed by atoms with Crippen LogP contribution in [0.2, 0.25) is 0 Å². The van der Waals surface area contributed by atoms with Crippen molar-refractivity contribution in [1.29, 1.82) is 0 Å². The molecule has 0 radical (unpaired) electrons. The predicted octanol–water partition coefficient (Wildman–Crippen LogP) is 5.67. The lowest BCUT2D eigenvalue weighted by molar-refractivity contribution is 0.0772. The number of amides is 2. The van der Waals surface area contributed by atoms with E-state index < -0.39 is 0 Å². The van der Waals surface area contributed by atoms with Crippen molar-refractivity contribution in [2.75, 3.05) is 50.6 Å². The van der Waals surface area contributed by atoms with E-state index in [4.69, 9.17) is 9.47 Å². The van der Waals surface area contributed by atoms with E-state index in [1.54, 1.807) is 44.6 Å². The number of benzene rings is 3. The quantitative estimate of drug-likeness (QED) is 0.283. The number of carbonyl (C=O) groups is 2. The van der Waals surface area contributed by atoms with E-state index in [0.717, 1.165) is 30.8 Å². The van der Waals surface area contributed by atoms with Gasteiger partial charge in [-0.05, 0) is 66.3 Å². The SMILES string of the molecule is COc1cc(OC)cc(C(=O)Nc2cc(C(=O)N3CC=C(c4ccccc4)CC3)ccc2N2C[C@H]3C[C@@H](C2)c2cccc(=O)n2C3)c1. The Morgan fingerprint density at radius 2 is 1.62 bits per heavy atom. The molecule has 1 aromatic heterocycles. The van der Waals surface area contributed by atoms with Crippen LogP contribution < -0.4 is 25.2 Å². The van der Waals surface area contributed by atoms with Gasteiger partial charge in [-0.15, -0.1) is 0 Å². The number of pyridine rings is 1. The third kappa shape index (κ3) is 6.13. The molecule has 1 saturated heterocycles. The van der Waals surface area contributed by atoms with Crippen molar-refractivity contribution >= 4 is 28.8 Å². The molecular formula is C38H38N4O5. The normalized spacial score (nSPS) is 18.6. The van der Waals surface area contributed by atoms with Crippen molar-refractivity contribution in [1.82, 2.24) is 9.47 Å². The van der Waals surface area contributed by atoms with Gasteiger partial charge in [-0.2, -0.15) is 0 Å². The molecule has 3 aliphatic heterocycles. The molecule has 9 nitrogen and oxygen atoms in total. The smallest absolute Gasteiger partial charge is 0.255 e. The maximum absolute atomic E-state index is 13.8. The van der Waals surface area contributed by atoms with Gasteiger partial charge in [0, 0.05) is 67.6 Å². The van der Waals surface area contributed by atoms with Crippen LogP contribution >= 0.6 is 0 Å². The molecule has 1 N–H and O–H groups in total. The van der Waals surface area contributed by atoms with Gasteiger partial charge in [0.15, 0.2) is 0 Å². The minimum Gasteiger partial charge on any atom is -0.497 e. The molecule has 4 heterocycles.